The highest BCUT2D eigenvalue weighted by Crippen LogP contribution is 2.43. The normalized spacial score (nSPS) is 14.2. The molecule has 1 heterocycles. The van der Waals surface area contributed by atoms with Crippen LogP contribution in [0.2, 0.25) is 0 Å². The zero-order valence-electron chi connectivity index (χ0n) is 8.17. The molecule has 0 amide bonds. The van der Waals surface area contributed by atoms with Crippen molar-refractivity contribution in [2.75, 3.05) is 13.4 Å². The molecule has 2 rings (SSSR count). The summed E-state index contributed by atoms with van der Waals surface area (Å²) in [5, 5.41) is 8.78. The van der Waals surface area contributed by atoms with Crippen LogP contribution in [0.15, 0.2) is 12.1 Å². The fourth-order valence-corrected chi connectivity index (χ4v) is 1.66. The summed E-state index contributed by atoms with van der Waals surface area (Å²) in [5.41, 5.74) is -0.837. The third-order valence-electron chi connectivity index (χ3n) is 2.31. The van der Waals surface area contributed by atoms with Crippen LogP contribution in [0.5, 0.6) is 11.5 Å². The molecular weight excluding hydrogens is 225 g/mol. The van der Waals surface area contributed by atoms with Gasteiger partial charge in [0.25, 0.3) is 0 Å². The minimum Gasteiger partial charge on any atom is -0.454 e. The minimum absolute atomic E-state index is 0.0509. The number of hydrogen-bond acceptors (Lipinski definition) is 3. The van der Waals surface area contributed by atoms with Crippen molar-refractivity contribution >= 4 is 0 Å². The fourth-order valence-electron chi connectivity index (χ4n) is 1.66. The standard InChI is InChI=1S/C10H9F3O3/c11-10(12,13)7-1-2-8-9(16-5-15-8)6(7)3-4-14/h1-2,14H,3-5H2. The highest BCUT2D eigenvalue weighted by Gasteiger charge is 2.36. The molecule has 0 atom stereocenters. The Kier molecular flexibility index (Phi) is 2.67. The molecule has 0 aliphatic carbocycles. The van der Waals surface area contributed by atoms with Gasteiger partial charge in [-0.15, -0.1) is 0 Å². The van der Waals surface area contributed by atoms with Crippen LogP contribution in [0.4, 0.5) is 13.2 Å². The van der Waals surface area contributed by atoms with Crippen molar-refractivity contribution < 1.29 is 27.8 Å². The summed E-state index contributed by atoms with van der Waals surface area (Å²) in [6.07, 6.45) is -4.56. The number of ether oxygens (including phenoxy) is 2. The second-order valence-electron chi connectivity index (χ2n) is 3.30. The maximum Gasteiger partial charge on any atom is 0.416 e. The predicted molar refractivity (Wildman–Crippen MR) is 48.4 cm³/mol. The number of aliphatic hydroxyl groups excluding tert-OH is 1. The SMILES string of the molecule is OCCc1c(C(F)(F)F)ccc2c1OCO2. The third-order valence-corrected chi connectivity index (χ3v) is 2.31. The molecule has 88 valence electrons. The lowest BCUT2D eigenvalue weighted by molar-refractivity contribution is -0.138. The highest BCUT2D eigenvalue weighted by molar-refractivity contribution is 5.53. The first-order valence-corrected chi connectivity index (χ1v) is 4.63. The minimum atomic E-state index is -4.45. The quantitative estimate of drug-likeness (QED) is 0.850. The van der Waals surface area contributed by atoms with E-state index in [1.165, 1.54) is 6.07 Å². The Morgan fingerprint density at radius 1 is 1.25 bits per heavy atom. The summed E-state index contributed by atoms with van der Waals surface area (Å²) in [6.45, 7) is -0.460. The van der Waals surface area contributed by atoms with Crippen LogP contribution < -0.4 is 9.47 Å². The summed E-state index contributed by atoms with van der Waals surface area (Å²) in [6, 6.07) is 2.17. The zero-order chi connectivity index (χ0) is 11.8. The number of rotatable bonds is 2. The average Bonchev–Trinajstić information content (AvgIpc) is 2.64. The van der Waals surface area contributed by atoms with Crippen molar-refractivity contribution in [3.8, 4) is 11.5 Å². The number of alkyl halides is 3. The van der Waals surface area contributed by atoms with Crippen LogP contribution in [-0.2, 0) is 12.6 Å². The molecule has 0 spiro atoms. The number of hydrogen-bond donors (Lipinski definition) is 1. The second-order valence-corrected chi connectivity index (χ2v) is 3.30. The summed E-state index contributed by atoms with van der Waals surface area (Å²) in [7, 11) is 0. The van der Waals surface area contributed by atoms with Crippen LogP contribution in [-0.4, -0.2) is 18.5 Å². The lowest BCUT2D eigenvalue weighted by Gasteiger charge is -2.13. The van der Waals surface area contributed by atoms with Crippen LogP contribution >= 0.6 is 0 Å². The molecule has 0 aromatic heterocycles. The van der Waals surface area contributed by atoms with E-state index in [4.69, 9.17) is 14.6 Å². The molecule has 1 aliphatic heterocycles. The molecule has 1 aliphatic rings. The smallest absolute Gasteiger partial charge is 0.416 e. The molecule has 1 aromatic rings. The Morgan fingerprint density at radius 2 is 2.00 bits per heavy atom. The van der Waals surface area contributed by atoms with E-state index in [1.807, 2.05) is 0 Å². The van der Waals surface area contributed by atoms with Crippen molar-refractivity contribution in [1.82, 2.24) is 0 Å². The van der Waals surface area contributed by atoms with Gasteiger partial charge < -0.3 is 14.6 Å². The van der Waals surface area contributed by atoms with Crippen molar-refractivity contribution in [3.63, 3.8) is 0 Å². The van der Waals surface area contributed by atoms with Crippen molar-refractivity contribution in [2.24, 2.45) is 0 Å². The average molecular weight is 234 g/mol. The van der Waals surface area contributed by atoms with Crippen molar-refractivity contribution in [3.05, 3.63) is 23.3 Å². The van der Waals surface area contributed by atoms with Crippen LogP contribution in [0, 0.1) is 0 Å². The largest absolute Gasteiger partial charge is 0.454 e. The van der Waals surface area contributed by atoms with Gasteiger partial charge in [0.2, 0.25) is 6.79 Å². The van der Waals surface area contributed by atoms with Gasteiger partial charge in [-0.1, -0.05) is 0 Å². The Hall–Kier alpha value is -1.43. The van der Waals surface area contributed by atoms with Crippen molar-refractivity contribution in [2.45, 2.75) is 12.6 Å². The van der Waals surface area contributed by atoms with Gasteiger partial charge in [-0.3, -0.25) is 0 Å². The molecule has 0 saturated carbocycles. The lowest BCUT2D eigenvalue weighted by Crippen LogP contribution is -2.10. The molecular formula is C10H9F3O3. The van der Waals surface area contributed by atoms with Crippen LogP contribution in [0.1, 0.15) is 11.1 Å². The molecule has 0 bridgehead atoms. The maximum atomic E-state index is 12.7. The van der Waals surface area contributed by atoms with E-state index in [1.54, 1.807) is 0 Å². The van der Waals surface area contributed by atoms with Gasteiger partial charge in [0, 0.05) is 12.2 Å². The van der Waals surface area contributed by atoms with Crippen LogP contribution in [0.25, 0.3) is 0 Å². The summed E-state index contributed by atoms with van der Waals surface area (Å²) in [4.78, 5) is 0. The fraction of sp³-hybridized carbons (Fsp3) is 0.400. The first-order chi connectivity index (χ1) is 7.54. The zero-order valence-corrected chi connectivity index (χ0v) is 8.17. The third kappa shape index (κ3) is 1.80. The second kappa shape index (κ2) is 3.86. The van der Waals surface area contributed by atoms with Gasteiger partial charge in [0.15, 0.2) is 11.5 Å². The number of benzene rings is 1. The van der Waals surface area contributed by atoms with Gasteiger partial charge in [-0.05, 0) is 18.6 Å². The number of aliphatic hydroxyl groups is 1. The van der Waals surface area contributed by atoms with E-state index in [-0.39, 0.29) is 36.9 Å². The van der Waals surface area contributed by atoms with E-state index >= 15 is 0 Å². The number of fused-ring (bicyclic) bond motifs is 1. The molecule has 1 aromatic carbocycles. The van der Waals surface area contributed by atoms with Gasteiger partial charge >= 0.3 is 6.18 Å². The Labute approximate surface area is 89.4 Å². The Morgan fingerprint density at radius 3 is 2.62 bits per heavy atom. The van der Waals surface area contributed by atoms with Gasteiger partial charge in [0.1, 0.15) is 0 Å². The van der Waals surface area contributed by atoms with Gasteiger partial charge in [-0.25, -0.2) is 0 Å². The van der Waals surface area contributed by atoms with Gasteiger partial charge in [0.05, 0.1) is 5.56 Å². The molecule has 0 fully saturated rings. The van der Waals surface area contributed by atoms with Gasteiger partial charge in [-0.2, -0.15) is 13.2 Å². The first-order valence-electron chi connectivity index (χ1n) is 4.63. The van der Waals surface area contributed by atoms with E-state index in [0.29, 0.717) is 0 Å². The monoisotopic (exact) mass is 234 g/mol. The van der Waals surface area contributed by atoms with Crippen LogP contribution in [0.3, 0.4) is 0 Å². The van der Waals surface area contributed by atoms with E-state index < -0.39 is 11.7 Å². The highest BCUT2D eigenvalue weighted by atomic mass is 19.4. The van der Waals surface area contributed by atoms with E-state index in [0.717, 1.165) is 6.07 Å². The molecule has 3 nitrogen and oxygen atoms in total. The first kappa shape index (κ1) is 11.1. The van der Waals surface area contributed by atoms with E-state index in [9.17, 15) is 13.2 Å². The molecule has 0 saturated heterocycles. The maximum absolute atomic E-state index is 12.7. The Balaban J connectivity index is 2.53. The number of halogens is 3. The molecule has 6 heteroatoms. The summed E-state index contributed by atoms with van der Waals surface area (Å²) < 4.78 is 48.0. The summed E-state index contributed by atoms with van der Waals surface area (Å²) >= 11 is 0. The van der Waals surface area contributed by atoms with Crippen molar-refractivity contribution in [1.29, 1.82) is 0 Å². The topological polar surface area (TPSA) is 38.7 Å². The molecule has 16 heavy (non-hydrogen) atoms. The molecule has 1 N–H and O–H groups in total. The predicted octanol–water partition coefficient (Wildman–Crippen LogP) is 1.97. The molecule has 0 radical (unpaired) electrons. The molecule has 0 unspecified atom stereocenters. The lowest BCUT2D eigenvalue weighted by atomic mass is 10.0. The summed E-state index contributed by atoms with van der Waals surface area (Å²) in [5.74, 6) is 0.375. The Bertz CT molecular complexity index is 401. The van der Waals surface area contributed by atoms with E-state index in [2.05, 4.69) is 0 Å².